The minimum Gasteiger partial charge on any atom is -0.372 e. The largest absolute Gasteiger partial charge is 0.372 e. The van der Waals surface area contributed by atoms with Gasteiger partial charge in [0.2, 0.25) is 5.91 Å². The molecule has 2 rings (SSSR count). The Morgan fingerprint density at radius 1 is 1.38 bits per heavy atom. The molecule has 1 heterocycles. The van der Waals surface area contributed by atoms with E-state index in [2.05, 4.69) is 17.6 Å². The van der Waals surface area contributed by atoms with Crippen LogP contribution in [0, 0.1) is 5.82 Å². The van der Waals surface area contributed by atoms with Gasteiger partial charge in [-0.3, -0.25) is 4.79 Å². The number of hydrogen-bond donors (Lipinski definition) is 2. The zero-order valence-electron chi connectivity index (χ0n) is 9.22. The van der Waals surface area contributed by atoms with E-state index < -0.39 is 0 Å². The van der Waals surface area contributed by atoms with Gasteiger partial charge in [-0.1, -0.05) is 19.8 Å². The van der Waals surface area contributed by atoms with Gasteiger partial charge in [-0.2, -0.15) is 0 Å². The van der Waals surface area contributed by atoms with Gasteiger partial charge in [0.25, 0.3) is 0 Å². The molecule has 1 unspecified atom stereocenters. The van der Waals surface area contributed by atoms with Crippen molar-refractivity contribution in [1.82, 2.24) is 0 Å². The van der Waals surface area contributed by atoms with Crippen molar-refractivity contribution in [3.05, 3.63) is 24.0 Å². The first-order chi connectivity index (χ1) is 7.70. The average molecular weight is 222 g/mol. The van der Waals surface area contributed by atoms with Gasteiger partial charge in [0, 0.05) is 0 Å². The fraction of sp³-hybridized carbons (Fsp3) is 0.417. The number of hydrogen-bond acceptors (Lipinski definition) is 2. The van der Waals surface area contributed by atoms with Gasteiger partial charge in [-0.25, -0.2) is 4.39 Å². The molecule has 0 radical (unpaired) electrons. The lowest BCUT2D eigenvalue weighted by Gasteiger charge is -2.26. The first-order valence-corrected chi connectivity index (χ1v) is 5.57. The molecule has 16 heavy (non-hydrogen) atoms. The molecule has 0 aromatic heterocycles. The Balaban J connectivity index is 2.16. The molecule has 0 saturated carbocycles. The van der Waals surface area contributed by atoms with Crippen LogP contribution < -0.4 is 10.6 Å². The van der Waals surface area contributed by atoms with E-state index in [9.17, 15) is 9.18 Å². The van der Waals surface area contributed by atoms with Gasteiger partial charge >= 0.3 is 0 Å². The van der Waals surface area contributed by atoms with Crippen molar-refractivity contribution in [1.29, 1.82) is 0 Å². The van der Waals surface area contributed by atoms with Crippen molar-refractivity contribution in [3.8, 4) is 0 Å². The maximum Gasteiger partial charge on any atom is 0.246 e. The quantitative estimate of drug-likeness (QED) is 0.825. The molecule has 0 aliphatic carbocycles. The van der Waals surface area contributed by atoms with Crippen LogP contribution in [0.25, 0.3) is 0 Å². The summed E-state index contributed by atoms with van der Waals surface area (Å²) in [5.74, 6) is -0.329. The number of anilines is 2. The van der Waals surface area contributed by atoms with Crippen LogP contribution in [0.3, 0.4) is 0 Å². The number of unbranched alkanes of at least 4 members (excludes halogenated alkanes) is 1. The van der Waals surface area contributed by atoms with Crippen LogP contribution in [0.1, 0.15) is 26.2 Å². The highest BCUT2D eigenvalue weighted by Gasteiger charge is 2.24. The van der Waals surface area contributed by atoms with E-state index >= 15 is 0 Å². The van der Waals surface area contributed by atoms with Crippen LogP contribution in [0.15, 0.2) is 18.2 Å². The Morgan fingerprint density at radius 2 is 2.19 bits per heavy atom. The SMILES string of the molecule is CCCCC1Nc2cc(F)ccc2NC1=O. The molecular weight excluding hydrogens is 207 g/mol. The highest BCUT2D eigenvalue weighted by atomic mass is 19.1. The second kappa shape index (κ2) is 4.51. The highest BCUT2D eigenvalue weighted by Crippen LogP contribution is 2.28. The Bertz CT molecular complexity index is 406. The maximum atomic E-state index is 13.0. The molecule has 3 nitrogen and oxygen atoms in total. The molecular formula is C12H15FN2O. The van der Waals surface area contributed by atoms with Crippen molar-refractivity contribution >= 4 is 17.3 Å². The van der Waals surface area contributed by atoms with Gasteiger partial charge < -0.3 is 10.6 Å². The highest BCUT2D eigenvalue weighted by molar-refractivity contribution is 6.02. The maximum absolute atomic E-state index is 13.0. The van der Waals surface area contributed by atoms with Crippen molar-refractivity contribution in [2.75, 3.05) is 10.6 Å². The van der Waals surface area contributed by atoms with E-state index in [1.807, 2.05) is 0 Å². The van der Waals surface area contributed by atoms with E-state index in [0.29, 0.717) is 11.4 Å². The molecule has 2 N–H and O–H groups in total. The Hall–Kier alpha value is -1.58. The van der Waals surface area contributed by atoms with Crippen molar-refractivity contribution in [3.63, 3.8) is 0 Å². The lowest BCUT2D eigenvalue weighted by atomic mass is 10.1. The van der Waals surface area contributed by atoms with Crippen molar-refractivity contribution < 1.29 is 9.18 Å². The normalized spacial score (nSPS) is 18.6. The second-order valence-electron chi connectivity index (χ2n) is 4.02. The second-order valence-corrected chi connectivity index (χ2v) is 4.02. The molecule has 0 bridgehead atoms. The summed E-state index contributed by atoms with van der Waals surface area (Å²) in [6.45, 7) is 2.08. The summed E-state index contributed by atoms with van der Waals surface area (Å²) in [5.41, 5.74) is 1.32. The van der Waals surface area contributed by atoms with Crippen molar-refractivity contribution in [2.24, 2.45) is 0 Å². The molecule has 0 fully saturated rings. The standard InChI is InChI=1S/C12H15FN2O/c1-2-3-4-10-12(16)15-9-6-5-8(13)7-11(9)14-10/h5-7,10,14H,2-4H2,1H3,(H,15,16). The summed E-state index contributed by atoms with van der Waals surface area (Å²) in [5, 5.41) is 5.85. The van der Waals surface area contributed by atoms with Crippen LogP contribution in [-0.2, 0) is 4.79 Å². The predicted molar refractivity (Wildman–Crippen MR) is 62.0 cm³/mol. The summed E-state index contributed by atoms with van der Waals surface area (Å²) in [7, 11) is 0. The van der Waals surface area contributed by atoms with Crippen LogP contribution in [-0.4, -0.2) is 11.9 Å². The monoisotopic (exact) mass is 222 g/mol. The number of benzene rings is 1. The number of halogens is 1. The first kappa shape index (κ1) is 10.9. The lowest BCUT2D eigenvalue weighted by Crippen LogP contribution is -2.38. The molecule has 86 valence electrons. The van der Waals surface area contributed by atoms with E-state index in [-0.39, 0.29) is 17.8 Å². The Morgan fingerprint density at radius 3 is 2.94 bits per heavy atom. The molecule has 1 atom stereocenters. The summed E-state index contributed by atoms with van der Waals surface area (Å²) < 4.78 is 13.0. The molecule has 1 aromatic rings. The Kier molecular flexibility index (Phi) is 3.08. The third kappa shape index (κ3) is 2.15. The molecule has 1 aliphatic heterocycles. The minimum absolute atomic E-state index is 0.0347. The molecule has 1 aliphatic rings. The van der Waals surface area contributed by atoms with E-state index in [4.69, 9.17) is 0 Å². The third-order valence-electron chi connectivity index (χ3n) is 2.73. The summed E-state index contributed by atoms with van der Waals surface area (Å²) in [6.07, 6.45) is 2.80. The number of carbonyl (C=O) groups excluding carboxylic acids is 1. The fourth-order valence-corrected chi connectivity index (χ4v) is 1.83. The summed E-state index contributed by atoms with van der Waals surface area (Å²) in [6, 6.07) is 4.08. The van der Waals surface area contributed by atoms with Crippen LogP contribution in [0.5, 0.6) is 0 Å². The number of rotatable bonds is 3. The average Bonchev–Trinajstić information content (AvgIpc) is 2.27. The summed E-state index contributed by atoms with van der Waals surface area (Å²) >= 11 is 0. The lowest BCUT2D eigenvalue weighted by molar-refractivity contribution is -0.117. The molecule has 0 saturated heterocycles. The zero-order chi connectivity index (χ0) is 11.5. The topological polar surface area (TPSA) is 41.1 Å². The van der Waals surface area contributed by atoms with Gasteiger partial charge in [0.1, 0.15) is 11.9 Å². The Labute approximate surface area is 94.0 Å². The van der Waals surface area contributed by atoms with Gasteiger partial charge in [-0.05, 0) is 24.6 Å². The van der Waals surface area contributed by atoms with E-state index in [1.54, 1.807) is 6.07 Å². The predicted octanol–water partition coefficient (Wildman–Crippen LogP) is 2.75. The summed E-state index contributed by atoms with van der Waals surface area (Å²) in [4.78, 5) is 11.7. The smallest absolute Gasteiger partial charge is 0.246 e. The molecule has 1 aromatic carbocycles. The number of amides is 1. The number of carbonyl (C=O) groups is 1. The van der Waals surface area contributed by atoms with E-state index in [0.717, 1.165) is 19.3 Å². The van der Waals surface area contributed by atoms with Gasteiger partial charge in [0.05, 0.1) is 11.4 Å². The first-order valence-electron chi connectivity index (χ1n) is 5.57. The molecule has 4 heteroatoms. The van der Waals surface area contributed by atoms with Crippen LogP contribution >= 0.6 is 0 Å². The van der Waals surface area contributed by atoms with Crippen molar-refractivity contribution in [2.45, 2.75) is 32.2 Å². The number of fused-ring (bicyclic) bond motifs is 1. The number of nitrogens with one attached hydrogen (secondary N) is 2. The van der Waals surface area contributed by atoms with Gasteiger partial charge in [-0.15, -0.1) is 0 Å². The molecule has 0 spiro atoms. The molecule has 1 amide bonds. The fourth-order valence-electron chi connectivity index (χ4n) is 1.83. The van der Waals surface area contributed by atoms with Crippen LogP contribution in [0.2, 0.25) is 0 Å². The third-order valence-corrected chi connectivity index (χ3v) is 2.73. The van der Waals surface area contributed by atoms with Gasteiger partial charge in [0.15, 0.2) is 0 Å². The minimum atomic E-state index is -0.295. The van der Waals surface area contributed by atoms with E-state index in [1.165, 1.54) is 12.1 Å². The zero-order valence-corrected chi connectivity index (χ0v) is 9.22. The van der Waals surface area contributed by atoms with Crippen LogP contribution in [0.4, 0.5) is 15.8 Å².